The fraction of sp³-hybridized carbons (Fsp3) is 0.400. The van der Waals surface area contributed by atoms with E-state index in [0.29, 0.717) is 5.75 Å². The lowest BCUT2D eigenvalue weighted by atomic mass is 10.1. The standard InChI is InChI=1S/C10H11IO/c11-9-4-3-8(10(12)6-9)5-7-1-2-7/h3-4,6-7,12H,1-2,5H2. The molecule has 1 aromatic carbocycles. The van der Waals surface area contributed by atoms with Gasteiger partial charge in [-0.3, -0.25) is 0 Å². The third-order valence-electron chi connectivity index (χ3n) is 2.25. The maximum absolute atomic E-state index is 9.56. The van der Waals surface area contributed by atoms with Gasteiger partial charge >= 0.3 is 0 Å². The molecule has 12 heavy (non-hydrogen) atoms. The SMILES string of the molecule is Oc1cc(I)ccc1CC1CC1. The van der Waals surface area contributed by atoms with Gasteiger partial charge in [-0.05, 0) is 65.5 Å². The van der Waals surface area contributed by atoms with Crippen molar-refractivity contribution in [2.45, 2.75) is 19.3 Å². The Balaban J connectivity index is 2.18. The van der Waals surface area contributed by atoms with Gasteiger partial charge in [0.1, 0.15) is 5.75 Å². The van der Waals surface area contributed by atoms with Crippen LogP contribution in [0.15, 0.2) is 18.2 Å². The van der Waals surface area contributed by atoms with E-state index in [2.05, 4.69) is 28.7 Å². The molecule has 1 aromatic rings. The third-order valence-corrected chi connectivity index (χ3v) is 2.92. The summed E-state index contributed by atoms with van der Waals surface area (Å²) < 4.78 is 1.10. The molecule has 0 aliphatic heterocycles. The lowest BCUT2D eigenvalue weighted by molar-refractivity contribution is 0.466. The Labute approximate surface area is 85.9 Å². The van der Waals surface area contributed by atoms with Crippen molar-refractivity contribution >= 4 is 22.6 Å². The van der Waals surface area contributed by atoms with Gasteiger partial charge in [0.2, 0.25) is 0 Å². The molecule has 1 aliphatic rings. The quantitative estimate of drug-likeness (QED) is 0.822. The van der Waals surface area contributed by atoms with Crippen LogP contribution in [0.3, 0.4) is 0 Å². The highest BCUT2D eigenvalue weighted by Crippen LogP contribution is 2.35. The van der Waals surface area contributed by atoms with Crippen LogP contribution < -0.4 is 0 Å². The van der Waals surface area contributed by atoms with E-state index in [1.807, 2.05) is 12.1 Å². The van der Waals surface area contributed by atoms with Gasteiger partial charge in [0.05, 0.1) is 0 Å². The number of halogens is 1. The van der Waals surface area contributed by atoms with E-state index >= 15 is 0 Å². The van der Waals surface area contributed by atoms with E-state index < -0.39 is 0 Å². The summed E-state index contributed by atoms with van der Waals surface area (Å²) >= 11 is 2.21. The van der Waals surface area contributed by atoms with E-state index in [0.717, 1.165) is 21.5 Å². The predicted octanol–water partition coefficient (Wildman–Crippen LogP) is 2.95. The van der Waals surface area contributed by atoms with Crippen LogP contribution in [0.25, 0.3) is 0 Å². The molecule has 0 bridgehead atoms. The Morgan fingerprint density at radius 1 is 1.42 bits per heavy atom. The van der Waals surface area contributed by atoms with Gasteiger partial charge in [-0.15, -0.1) is 0 Å². The summed E-state index contributed by atoms with van der Waals surface area (Å²) in [5.41, 5.74) is 1.11. The Morgan fingerprint density at radius 3 is 2.75 bits per heavy atom. The van der Waals surface area contributed by atoms with Gasteiger partial charge in [0.25, 0.3) is 0 Å². The highest BCUT2D eigenvalue weighted by Gasteiger charge is 2.22. The van der Waals surface area contributed by atoms with Crippen LogP contribution in [0.5, 0.6) is 5.75 Å². The van der Waals surface area contributed by atoms with Crippen LogP contribution in [-0.4, -0.2) is 5.11 Å². The molecule has 0 heterocycles. The van der Waals surface area contributed by atoms with Crippen molar-refractivity contribution in [2.75, 3.05) is 0 Å². The van der Waals surface area contributed by atoms with Crippen molar-refractivity contribution in [3.8, 4) is 5.75 Å². The van der Waals surface area contributed by atoms with Crippen LogP contribution in [0, 0.1) is 9.49 Å². The summed E-state index contributed by atoms with van der Waals surface area (Å²) in [6.45, 7) is 0. The Hall–Kier alpha value is -0.250. The van der Waals surface area contributed by atoms with E-state index in [4.69, 9.17) is 0 Å². The van der Waals surface area contributed by atoms with Crippen LogP contribution in [0.4, 0.5) is 0 Å². The number of aromatic hydroxyl groups is 1. The van der Waals surface area contributed by atoms with Crippen LogP contribution in [0.1, 0.15) is 18.4 Å². The molecule has 1 nitrogen and oxygen atoms in total. The summed E-state index contributed by atoms with van der Waals surface area (Å²) in [5, 5.41) is 9.56. The average molecular weight is 274 g/mol. The minimum absolute atomic E-state index is 0.466. The summed E-state index contributed by atoms with van der Waals surface area (Å²) in [6.07, 6.45) is 3.74. The van der Waals surface area contributed by atoms with Gasteiger partial charge in [-0.1, -0.05) is 6.07 Å². The van der Waals surface area contributed by atoms with Crippen molar-refractivity contribution in [3.05, 3.63) is 27.3 Å². The second-order valence-corrected chi connectivity index (χ2v) is 4.67. The number of hydrogen-bond acceptors (Lipinski definition) is 1. The summed E-state index contributed by atoms with van der Waals surface area (Å²) in [7, 11) is 0. The monoisotopic (exact) mass is 274 g/mol. The number of phenols is 1. The molecule has 0 amide bonds. The fourth-order valence-corrected chi connectivity index (χ4v) is 1.82. The van der Waals surface area contributed by atoms with Crippen molar-refractivity contribution < 1.29 is 5.11 Å². The normalized spacial score (nSPS) is 16.4. The first kappa shape index (κ1) is 8.35. The fourth-order valence-electron chi connectivity index (χ4n) is 1.34. The summed E-state index contributed by atoms with van der Waals surface area (Å²) in [6, 6.07) is 5.92. The first-order valence-electron chi connectivity index (χ1n) is 4.23. The summed E-state index contributed by atoms with van der Waals surface area (Å²) in [5.74, 6) is 1.31. The maximum atomic E-state index is 9.56. The molecule has 0 radical (unpaired) electrons. The van der Waals surface area contributed by atoms with Crippen molar-refractivity contribution in [1.29, 1.82) is 0 Å². The molecule has 0 atom stereocenters. The maximum Gasteiger partial charge on any atom is 0.119 e. The lowest BCUT2D eigenvalue weighted by Crippen LogP contribution is -1.87. The zero-order valence-electron chi connectivity index (χ0n) is 6.76. The Morgan fingerprint density at radius 2 is 2.17 bits per heavy atom. The van der Waals surface area contributed by atoms with Crippen molar-refractivity contribution in [1.82, 2.24) is 0 Å². The predicted molar refractivity (Wildman–Crippen MR) is 57.3 cm³/mol. The van der Waals surface area contributed by atoms with Gasteiger partial charge in [0.15, 0.2) is 0 Å². The molecule has 0 spiro atoms. The molecule has 0 aromatic heterocycles. The zero-order valence-corrected chi connectivity index (χ0v) is 8.91. The Kier molecular flexibility index (Phi) is 2.26. The molecule has 1 N–H and O–H groups in total. The molecular formula is C10H11IO. The van der Waals surface area contributed by atoms with E-state index in [9.17, 15) is 5.11 Å². The lowest BCUT2D eigenvalue weighted by Gasteiger charge is -2.02. The van der Waals surface area contributed by atoms with E-state index in [1.165, 1.54) is 12.8 Å². The average Bonchev–Trinajstić information content (AvgIpc) is 2.79. The second kappa shape index (κ2) is 3.24. The minimum atomic E-state index is 0.466. The van der Waals surface area contributed by atoms with Gasteiger partial charge < -0.3 is 5.11 Å². The third kappa shape index (κ3) is 1.91. The minimum Gasteiger partial charge on any atom is -0.508 e. The molecule has 2 rings (SSSR count). The van der Waals surface area contributed by atoms with Crippen molar-refractivity contribution in [3.63, 3.8) is 0 Å². The molecular weight excluding hydrogens is 263 g/mol. The number of hydrogen-bond donors (Lipinski definition) is 1. The topological polar surface area (TPSA) is 20.2 Å². The first-order chi connectivity index (χ1) is 5.75. The number of phenolic OH excluding ortho intramolecular Hbond substituents is 1. The molecule has 2 heteroatoms. The zero-order chi connectivity index (χ0) is 8.55. The largest absolute Gasteiger partial charge is 0.508 e. The summed E-state index contributed by atoms with van der Waals surface area (Å²) in [4.78, 5) is 0. The second-order valence-electron chi connectivity index (χ2n) is 3.42. The van der Waals surface area contributed by atoms with Crippen LogP contribution in [0.2, 0.25) is 0 Å². The van der Waals surface area contributed by atoms with E-state index in [-0.39, 0.29) is 0 Å². The van der Waals surface area contributed by atoms with Gasteiger partial charge in [0, 0.05) is 3.57 Å². The molecule has 1 fully saturated rings. The van der Waals surface area contributed by atoms with Crippen LogP contribution in [-0.2, 0) is 6.42 Å². The van der Waals surface area contributed by atoms with Crippen molar-refractivity contribution in [2.24, 2.45) is 5.92 Å². The number of benzene rings is 1. The number of rotatable bonds is 2. The van der Waals surface area contributed by atoms with Gasteiger partial charge in [-0.25, -0.2) is 0 Å². The molecule has 1 saturated carbocycles. The molecule has 64 valence electrons. The molecule has 0 unspecified atom stereocenters. The Bertz CT molecular complexity index is 292. The highest BCUT2D eigenvalue weighted by atomic mass is 127. The first-order valence-corrected chi connectivity index (χ1v) is 5.31. The van der Waals surface area contributed by atoms with Gasteiger partial charge in [-0.2, -0.15) is 0 Å². The van der Waals surface area contributed by atoms with Crippen LogP contribution >= 0.6 is 22.6 Å². The van der Waals surface area contributed by atoms with E-state index in [1.54, 1.807) is 0 Å². The highest BCUT2D eigenvalue weighted by molar-refractivity contribution is 14.1. The molecule has 0 saturated heterocycles. The smallest absolute Gasteiger partial charge is 0.119 e. The molecule has 1 aliphatic carbocycles.